The first-order chi connectivity index (χ1) is 21.2. The molecule has 0 fully saturated rings. The van der Waals surface area contributed by atoms with Gasteiger partial charge in [-0.25, -0.2) is 9.24 Å². The highest BCUT2D eigenvalue weighted by Crippen LogP contribution is 2.47. The van der Waals surface area contributed by atoms with Crippen LogP contribution in [-0.4, -0.2) is 9.13 Å². The molecule has 0 bridgehead atoms. The predicted molar refractivity (Wildman–Crippen MR) is 171 cm³/mol. The van der Waals surface area contributed by atoms with E-state index < -0.39 is 5.82 Å². The van der Waals surface area contributed by atoms with Gasteiger partial charge in [0.2, 0.25) is 5.69 Å². The fourth-order valence-electron chi connectivity index (χ4n) is 6.53. The summed E-state index contributed by atoms with van der Waals surface area (Å²) in [4.78, 5) is 3.63. The topological polar surface area (TPSA) is 38.0 Å². The van der Waals surface area contributed by atoms with Crippen molar-refractivity contribution < 1.29 is 4.39 Å². The Bertz CT molecular complexity index is 2380. The molecule has 6 aromatic carbocycles. The quantitative estimate of drug-likeness (QED) is 0.201. The molecule has 0 radical (unpaired) electrons. The van der Waals surface area contributed by atoms with Crippen LogP contribution in [0.5, 0.6) is 0 Å². The molecule has 0 spiro atoms. The van der Waals surface area contributed by atoms with Gasteiger partial charge in [-0.2, -0.15) is 5.26 Å². The van der Waals surface area contributed by atoms with Gasteiger partial charge in [0.05, 0.1) is 51.6 Å². The monoisotopic (exact) mass is 552 g/mol. The Morgan fingerprint density at radius 2 is 0.953 bits per heavy atom. The standard InChI is InChI=1S/C38H21FN4/c1-41-36-29(23-40)34(24-13-3-2-4-14-24)37(42-30-19-9-5-15-25(30)26-16-6-10-20-31(26)42)38(35(36)39)43-32-21-11-7-17-27(32)28-18-8-12-22-33(28)43/h2-22H. The lowest BCUT2D eigenvalue weighted by atomic mass is 9.94. The summed E-state index contributed by atoms with van der Waals surface area (Å²) in [6.07, 6.45) is 0. The van der Waals surface area contributed by atoms with E-state index in [1.807, 2.05) is 120 Å². The zero-order valence-electron chi connectivity index (χ0n) is 22.8. The Morgan fingerprint density at radius 1 is 0.558 bits per heavy atom. The van der Waals surface area contributed by atoms with Gasteiger partial charge in [0.25, 0.3) is 0 Å². The van der Waals surface area contributed by atoms with E-state index >= 15 is 4.39 Å². The van der Waals surface area contributed by atoms with Crippen LogP contribution in [0.4, 0.5) is 10.1 Å². The molecular weight excluding hydrogens is 531 g/mol. The van der Waals surface area contributed by atoms with Crippen LogP contribution >= 0.6 is 0 Å². The summed E-state index contributed by atoms with van der Waals surface area (Å²) in [6, 6.07) is 43.7. The Kier molecular flexibility index (Phi) is 5.41. The van der Waals surface area contributed by atoms with Crippen molar-refractivity contribution in [3.05, 3.63) is 150 Å². The average molecular weight is 553 g/mol. The second kappa shape index (κ2) is 9.45. The number of hydrogen-bond acceptors (Lipinski definition) is 1. The maximum absolute atomic E-state index is 17.3. The fourth-order valence-corrected chi connectivity index (χ4v) is 6.53. The van der Waals surface area contributed by atoms with E-state index in [0.717, 1.165) is 49.2 Å². The van der Waals surface area contributed by atoms with Crippen LogP contribution in [0.2, 0.25) is 0 Å². The number of nitriles is 1. The molecule has 5 heteroatoms. The number of rotatable bonds is 3. The molecule has 0 unspecified atom stereocenters. The number of nitrogens with zero attached hydrogens (tertiary/aromatic N) is 4. The Labute approximate surface area is 246 Å². The summed E-state index contributed by atoms with van der Waals surface area (Å²) >= 11 is 0. The number of benzene rings is 6. The van der Waals surface area contributed by atoms with Gasteiger partial charge in [-0.3, -0.25) is 0 Å². The van der Waals surface area contributed by atoms with Gasteiger partial charge in [-0.05, 0) is 29.8 Å². The molecule has 8 aromatic rings. The molecule has 0 aliphatic carbocycles. The number of fused-ring (bicyclic) bond motifs is 6. The minimum atomic E-state index is -0.727. The van der Waals surface area contributed by atoms with Gasteiger partial charge in [-0.1, -0.05) is 103 Å². The molecular formula is C38H21FN4. The molecule has 0 saturated heterocycles. The molecule has 0 N–H and O–H groups in total. The zero-order chi connectivity index (χ0) is 29.1. The SMILES string of the molecule is [C-]#[N+]c1c(F)c(-n2c3ccccc3c3ccccc32)c(-n2c3ccccc3c3ccccc32)c(-c2ccccc2)c1C#N. The number of halogens is 1. The van der Waals surface area contributed by atoms with Crippen molar-refractivity contribution in [2.75, 3.05) is 0 Å². The average Bonchev–Trinajstić information content (AvgIpc) is 3.57. The molecule has 0 aliphatic heterocycles. The highest BCUT2D eigenvalue weighted by atomic mass is 19.1. The second-order valence-electron chi connectivity index (χ2n) is 10.4. The summed E-state index contributed by atoms with van der Waals surface area (Å²) in [5.74, 6) is -0.727. The van der Waals surface area contributed by atoms with Crippen molar-refractivity contribution in [2.24, 2.45) is 0 Å². The van der Waals surface area contributed by atoms with Crippen molar-refractivity contribution in [1.29, 1.82) is 5.26 Å². The Morgan fingerprint density at radius 3 is 1.37 bits per heavy atom. The highest BCUT2D eigenvalue weighted by Gasteiger charge is 2.31. The third-order valence-corrected chi connectivity index (χ3v) is 8.26. The number of para-hydroxylation sites is 4. The second-order valence-corrected chi connectivity index (χ2v) is 10.4. The van der Waals surface area contributed by atoms with Crippen molar-refractivity contribution in [2.45, 2.75) is 0 Å². The van der Waals surface area contributed by atoms with Crippen LogP contribution < -0.4 is 0 Å². The van der Waals surface area contributed by atoms with Crippen molar-refractivity contribution in [1.82, 2.24) is 9.13 Å². The van der Waals surface area contributed by atoms with Crippen LogP contribution in [0.1, 0.15) is 5.56 Å². The maximum atomic E-state index is 17.3. The minimum absolute atomic E-state index is 0.0140. The van der Waals surface area contributed by atoms with Crippen molar-refractivity contribution in [3.63, 3.8) is 0 Å². The first-order valence-electron chi connectivity index (χ1n) is 13.9. The van der Waals surface area contributed by atoms with Gasteiger partial charge < -0.3 is 9.13 Å². The molecule has 0 aliphatic rings. The zero-order valence-corrected chi connectivity index (χ0v) is 22.8. The lowest BCUT2D eigenvalue weighted by molar-refractivity contribution is 0.625. The van der Waals surface area contributed by atoms with Crippen molar-refractivity contribution in [3.8, 4) is 28.6 Å². The van der Waals surface area contributed by atoms with E-state index in [4.69, 9.17) is 6.57 Å². The fraction of sp³-hybridized carbons (Fsp3) is 0. The number of hydrogen-bond donors (Lipinski definition) is 0. The molecule has 0 atom stereocenters. The van der Waals surface area contributed by atoms with E-state index in [-0.39, 0.29) is 16.9 Å². The summed E-state index contributed by atoms with van der Waals surface area (Å²) in [5, 5.41) is 14.5. The predicted octanol–water partition coefficient (Wildman–Crippen LogP) is 10.1. The summed E-state index contributed by atoms with van der Waals surface area (Å²) < 4.78 is 21.3. The van der Waals surface area contributed by atoms with E-state index in [1.165, 1.54) is 0 Å². The molecule has 200 valence electrons. The minimum Gasteiger partial charge on any atom is -0.307 e. The van der Waals surface area contributed by atoms with E-state index in [9.17, 15) is 5.26 Å². The van der Waals surface area contributed by atoms with Gasteiger partial charge in [0, 0.05) is 27.1 Å². The number of aromatic nitrogens is 2. The molecule has 2 aromatic heterocycles. The van der Waals surface area contributed by atoms with E-state index in [2.05, 4.69) is 27.6 Å². The summed E-state index contributed by atoms with van der Waals surface area (Å²) in [5.41, 5.74) is 5.07. The lowest BCUT2D eigenvalue weighted by Gasteiger charge is -2.23. The molecule has 8 rings (SSSR count). The lowest BCUT2D eigenvalue weighted by Crippen LogP contribution is -2.10. The van der Waals surface area contributed by atoms with Gasteiger partial charge in [0.15, 0.2) is 5.82 Å². The van der Waals surface area contributed by atoms with Crippen LogP contribution in [0, 0.1) is 23.7 Å². The van der Waals surface area contributed by atoms with E-state index in [0.29, 0.717) is 11.3 Å². The van der Waals surface area contributed by atoms with Crippen LogP contribution in [0.25, 0.3) is 71.0 Å². The smallest absolute Gasteiger partial charge is 0.242 e. The maximum Gasteiger partial charge on any atom is 0.242 e. The first kappa shape index (κ1) is 24.6. The Hall–Kier alpha value is -6.17. The summed E-state index contributed by atoms with van der Waals surface area (Å²) in [6.45, 7) is 8.06. The normalized spacial score (nSPS) is 11.3. The molecule has 4 nitrogen and oxygen atoms in total. The highest BCUT2D eigenvalue weighted by molar-refractivity contribution is 6.13. The van der Waals surface area contributed by atoms with Crippen LogP contribution in [-0.2, 0) is 0 Å². The van der Waals surface area contributed by atoms with Crippen molar-refractivity contribution >= 4 is 49.3 Å². The first-order valence-corrected chi connectivity index (χ1v) is 13.9. The molecule has 0 amide bonds. The Balaban J connectivity index is 1.71. The van der Waals surface area contributed by atoms with Gasteiger partial charge in [0.1, 0.15) is 0 Å². The van der Waals surface area contributed by atoms with E-state index in [1.54, 1.807) is 0 Å². The summed E-state index contributed by atoms with van der Waals surface area (Å²) in [7, 11) is 0. The van der Waals surface area contributed by atoms with Gasteiger partial charge >= 0.3 is 0 Å². The molecule has 0 saturated carbocycles. The van der Waals surface area contributed by atoms with Gasteiger partial charge in [-0.15, -0.1) is 0 Å². The largest absolute Gasteiger partial charge is 0.307 e. The van der Waals surface area contributed by atoms with Crippen LogP contribution in [0.3, 0.4) is 0 Å². The molecule has 2 heterocycles. The van der Waals surface area contributed by atoms with Crippen LogP contribution in [0.15, 0.2) is 127 Å². The molecule has 43 heavy (non-hydrogen) atoms. The third-order valence-electron chi connectivity index (χ3n) is 8.26. The third kappa shape index (κ3) is 3.40.